The molecule has 43 heavy (non-hydrogen) atoms. The molecule has 14 nitrogen and oxygen atoms in total. The van der Waals surface area contributed by atoms with Gasteiger partial charge in [-0.2, -0.15) is 0 Å². The Morgan fingerprint density at radius 1 is 0.767 bits per heavy atom. The van der Waals surface area contributed by atoms with Crippen molar-refractivity contribution in [3.63, 3.8) is 0 Å². The smallest absolute Gasteiger partial charge is 0.342 e. The highest BCUT2D eigenvalue weighted by atomic mass is 35.5. The van der Waals surface area contributed by atoms with Gasteiger partial charge in [-0.05, 0) is 37.0 Å². The van der Waals surface area contributed by atoms with Crippen molar-refractivity contribution in [3.8, 4) is 17.2 Å². The van der Waals surface area contributed by atoms with E-state index in [1.807, 2.05) is 0 Å². The molecule has 3 rings (SSSR count). The molecule has 2 N–H and O–H groups in total. The van der Waals surface area contributed by atoms with E-state index in [4.69, 9.17) is 25.8 Å². The summed E-state index contributed by atoms with van der Waals surface area (Å²) in [5.41, 5.74) is -2.01. The van der Waals surface area contributed by atoms with Gasteiger partial charge in [-0.3, -0.25) is 25.0 Å². The van der Waals surface area contributed by atoms with E-state index in [0.717, 1.165) is 24.3 Å². The number of methoxy groups -OCH3 is 1. The van der Waals surface area contributed by atoms with Crippen LogP contribution < -0.4 is 14.2 Å². The van der Waals surface area contributed by atoms with E-state index in [2.05, 4.69) is 0 Å². The van der Waals surface area contributed by atoms with Gasteiger partial charge in [-0.15, -0.1) is 0 Å². The summed E-state index contributed by atoms with van der Waals surface area (Å²) in [6.45, 7) is 0.0404. The second-order valence-corrected chi connectivity index (χ2v) is 9.44. The van der Waals surface area contributed by atoms with E-state index in [0.29, 0.717) is 29.8 Å². The molecule has 0 aromatic heterocycles. The van der Waals surface area contributed by atoms with Crippen molar-refractivity contribution in [1.82, 2.24) is 0 Å². The van der Waals surface area contributed by atoms with E-state index in [1.54, 1.807) is 24.3 Å². The number of nitrogens with zero attached hydrogens (tertiary/aromatic N) is 2. The lowest BCUT2D eigenvalue weighted by Gasteiger charge is -2.14. The van der Waals surface area contributed by atoms with Gasteiger partial charge >= 0.3 is 11.9 Å². The zero-order chi connectivity index (χ0) is 31.7. The first-order chi connectivity index (χ1) is 20.4. The molecule has 0 atom stereocenters. The summed E-state index contributed by atoms with van der Waals surface area (Å²) in [5.74, 6) is -3.71. The Morgan fingerprint density at radius 2 is 1.33 bits per heavy atom. The standard InChI is InChI=1S/C28H25ClN2O12/c1-41-24-12-18(27(33)34)21(30(37)38)11-20(24)23(32)5-3-2-4-10-42-26-14-22(31(39)40)19(28(35)36)13-25(26)43-15-16-6-8-17(29)9-7-16/h6-9,11-14H,2-5,10,15H2,1H3,(H,33,34)(H,35,36). The van der Waals surface area contributed by atoms with Gasteiger partial charge in [0.2, 0.25) is 0 Å². The number of ketones is 1. The van der Waals surface area contributed by atoms with Crippen molar-refractivity contribution in [1.29, 1.82) is 0 Å². The number of hydrogen-bond donors (Lipinski definition) is 2. The molecule has 0 bridgehead atoms. The molecule has 0 unspecified atom stereocenters. The molecule has 0 saturated heterocycles. The highest BCUT2D eigenvalue weighted by Gasteiger charge is 2.27. The summed E-state index contributed by atoms with van der Waals surface area (Å²) in [7, 11) is 1.21. The third-order valence-electron chi connectivity index (χ3n) is 6.15. The van der Waals surface area contributed by atoms with Crippen LogP contribution in [0, 0.1) is 20.2 Å². The van der Waals surface area contributed by atoms with E-state index >= 15 is 0 Å². The first-order valence-electron chi connectivity index (χ1n) is 12.6. The topological polar surface area (TPSA) is 206 Å². The number of benzene rings is 3. The van der Waals surface area contributed by atoms with Gasteiger partial charge in [-0.25, -0.2) is 9.59 Å². The van der Waals surface area contributed by atoms with E-state index in [-0.39, 0.29) is 42.4 Å². The van der Waals surface area contributed by atoms with Crippen molar-refractivity contribution in [2.45, 2.75) is 32.3 Å². The third kappa shape index (κ3) is 8.39. The number of aromatic carboxylic acids is 2. The molecule has 0 spiro atoms. The van der Waals surface area contributed by atoms with Crippen molar-refractivity contribution >= 4 is 40.7 Å². The highest BCUT2D eigenvalue weighted by Crippen LogP contribution is 2.36. The number of carboxylic acid groups (broad SMARTS) is 2. The predicted molar refractivity (Wildman–Crippen MR) is 151 cm³/mol. The van der Waals surface area contributed by atoms with E-state index in [1.165, 1.54) is 7.11 Å². The lowest BCUT2D eigenvalue weighted by Crippen LogP contribution is -2.09. The minimum Gasteiger partial charge on any atom is -0.496 e. The number of nitro groups is 2. The summed E-state index contributed by atoms with van der Waals surface area (Å²) in [4.78, 5) is 56.8. The van der Waals surface area contributed by atoms with Gasteiger partial charge < -0.3 is 24.4 Å². The molecule has 0 heterocycles. The molecule has 0 amide bonds. The fourth-order valence-corrected chi connectivity index (χ4v) is 4.12. The number of ether oxygens (including phenoxy) is 3. The van der Waals surface area contributed by atoms with Crippen molar-refractivity contribution in [3.05, 3.63) is 96.0 Å². The number of hydrogen-bond acceptors (Lipinski definition) is 10. The number of carbonyl (C=O) groups excluding carboxylic acids is 1. The third-order valence-corrected chi connectivity index (χ3v) is 6.40. The molecule has 226 valence electrons. The molecule has 15 heteroatoms. The number of carboxylic acids is 2. The van der Waals surface area contributed by atoms with Gasteiger partial charge in [0.15, 0.2) is 17.3 Å². The molecular weight excluding hydrogens is 592 g/mol. The zero-order valence-electron chi connectivity index (χ0n) is 22.6. The Hall–Kier alpha value is -5.24. The highest BCUT2D eigenvalue weighted by molar-refractivity contribution is 6.30. The van der Waals surface area contributed by atoms with Crippen LogP contribution >= 0.6 is 11.6 Å². The zero-order valence-corrected chi connectivity index (χ0v) is 23.4. The molecular formula is C28H25ClN2O12. The number of carbonyl (C=O) groups is 3. The number of nitro benzene ring substituents is 2. The monoisotopic (exact) mass is 616 g/mol. The Balaban J connectivity index is 1.65. The summed E-state index contributed by atoms with van der Waals surface area (Å²) in [5, 5.41) is 42.0. The maximum Gasteiger partial charge on any atom is 0.342 e. The Kier molecular flexibility index (Phi) is 11.0. The molecule has 0 fully saturated rings. The summed E-state index contributed by atoms with van der Waals surface area (Å²) in [6.07, 6.45) is 1.12. The van der Waals surface area contributed by atoms with Gasteiger partial charge in [0.1, 0.15) is 23.5 Å². The SMILES string of the molecule is COc1cc(C(=O)O)c([N+](=O)[O-])cc1C(=O)CCCCCOc1cc([N+](=O)[O-])c(C(=O)O)cc1OCc1ccc(Cl)cc1. The molecule has 3 aromatic carbocycles. The number of Topliss-reactive ketones (excluding diaryl/α,β-unsaturated/α-hetero) is 1. The first kappa shape index (κ1) is 32.3. The summed E-state index contributed by atoms with van der Waals surface area (Å²) in [6, 6.07) is 10.5. The van der Waals surface area contributed by atoms with Crippen molar-refractivity contribution in [2.24, 2.45) is 0 Å². The largest absolute Gasteiger partial charge is 0.496 e. The predicted octanol–water partition coefficient (Wildman–Crippen LogP) is 5.96. The van der Waals surface area contributed by atoms with Crippen LogP contribution in [-0.4, -0.2) is 51.5 Å². The number of rotatable bonds is 16. The van der Waals surface area contributed by atoms with Gasteiger partial charge in [0.25, 0.3) is 11.4 Å². The van der Waals surface area contributed by atoms with Crippen LogP contribution in [0.2, 0.25) is 5.02 Å². The molecule has 3 aromatic rings. The van der Waals surface area contributed by atoms with Gasteiger partial charge in [0, 0.05) is 29.6 Å². The minimum absolute atomic E-state index is 0.00157. The van der Waals surface area contributed by atoms with Crippen LogP contribution in [0.3, 0.4) is 0 Å². The van der Waals surface area contributed by atoms with E-state index in [9.17, 15) is 44.8 Å². The summed E-state index contributed by atoms with van der Waals surface area (Å²) >= 11 is 5.89. The van der Waals surface area contributed by atoms with Crippen LogP contribution in [0.4, 0.5) is 11.4 Å². The summed E-state index contributed by atoms with van der Waals surface area (Å²) < 4.78 is 16.5. The lowest BCUT2D eigenvalue weighted by atomic mass is 10.0. The fourth-order valence-electron chi connectivity index (χ4n) is 4.00. The normalized spacial score (nSPS) is 10.6. The Bertz CT molecular complexity index is 1560. The minimum atomic E-state index is -1.54. The van der Waals surface area contributed by atoms with Gasteiger partial charge in [0.05, 0.1) is 35.2 Å². The lowest BCUT2D eigenvalue weighted by molar-refractivity contribution is -0.385. The van der Waals surface area contributed by atoms with Crippen LogP contribution in [0.1, 0.15) is 62.3 Å². The molecule has 0 saturated carbocycles. The van der Waals surface area contributed by atoms with Crippen molar-refractivity contribution < 1.29 is 48.7 Å². The Labute approximate surface area is 248 Å². The quantitative estimate of drug-likeness (QED) is 0.0826. The van der Waals surface area contributed by atoms with Crippen LogP contribution in [-0.2, 0) is 6.61 Å². The second kappa shape index (κ2) is 14.6. The molecule has 0 aliphatic heterocycles. The first-order valence-corrected chi connectivity index (χ1v) is 13.0. The van der Waals surface area contributed by atoms with Crippen LogP contribution in [0.15, 0.2) is 48.5 Å². The molecule has 0 aliphatic rings. The van der Waals surface area contributed by atoms with Crippen molar-refractivity contribution in [2.75, 3.05) is 13.7 Å². The van der Waals surface area contributed by atoms with Crippen LogP contribution in [0.5, 0.6) is 17.2 Å². The molecule has 0 radical (unpaired) electrons. The maximum absolute atomic E-state index is 12.8. The fraction of sp³-hybridized carbons (Fsp3) is 0.250. The Morgan fingerprint density at radius 3 is 1.88 bits per heavy atom. The average molecular weight is 617 g/mol. The molecule has 0 aliphatic carbocycles. The maximum atomic E-state index is 12.8. The number of halogens is 1. The van der Waals surface area contributed by atoms with Gasteiger partial charge in [-0.1, -0.05) is 23.7 Å². The average Bonchev–Trinajstić information content (AvgIpc) is 2.97. The second-order valence-electron chi connectivity index (χ2n) is 9.01. The van der Waals surface area contributed by atoms with E-state index < -0.39 is 50.1 Å². The van der Waals surface area contributed by atoms with Crippen LogP contribution in [0.25, 0.3) is 0 Å². The number of unbranched alkanes of at least 4 members (excludes halogenated alkanes) is 2.